The number of nitrogens with one attached hydrogen (secondary N) is 1. The Morgan fingerprint density at radius 1 is 1.44 bits per heavy atom. The summed E-state index contributed by atoms with van der Waals surface area (Å²) >= 11 is 0. The first-order chi connectivity index (χ1) is 7.43. The van der Waals surface area contributed by atoms with Crippen LogP contribution in [0.3, 0.4) is 0 Å². The van der Waals surface area contributed by atoms with Gasteiger partial charge in [-0.15, -0.1) is 0 Å². The number of nitrogens with zero attached hydrogens (tertiary/aromatic N) is 2. The zero-order valence-corrected chi connectivity index (χ0v) is 11.6. The minimum atomic E-state index is -0.272. The second-order valence-corrected chi connectivity index (χ2v) is 4.37. The van der Waals surface area contributed by atoms with Crippen LogP contribution in [0.1, 0.15) is 26.7 Å². The molecule has 1 amide bonds. The summed E-state index contributed by atoms with van der Waals surface area (Å²) in [6.45, 7) is 4.03. The van der Waals surface area contributed by atoms with Gasteiger partial charge < -0.3 is 4.79 Å². The van der Waals surface area contributed by atoms with Gasteiger partial charge in [0.25, 0.3) is 0 Å². The molecule has 0 saturated heterocycles. The monoisotopic (exact) mass is 247 g/mol. The summed E-state index contributed by atoms with van der Waals surface area (Å²) in [4.78, 5) is 22.3. The van der Waals surface area contributed by atoms with Crippen molar-refractivity contribution in [3.63, 3.8) is 0 Å². The minimum absolute atomic E-state index is 0.0169. The molecule has 5 nitrogen and oxygen atoms in total. The van der Waals surface area contributed by atoms with Crippen LogP contribution in [0.2, 0.25) is 0 Å². The van der Waals surface area contributed by atoms with Crippen molar-refractivity contribution in [2.75, 3.05) is 14.1 Å². The zero-order chi connectivity index (χ0) is 12.7. The van der Waals surface area contributed by atoms with E-state index in [-0.39, 0.29) is 18.0 Å². The molecule has 0 aromatic heterocycles. The van der Waals surface area contributed by atoms with Crippen LogP contribution in [0, 0.1) is 0 Å². The molecule has 0 aliphatic heterocycles. The summed E-state index contributed by atoms with van der Waals surface area (Å²) in [6.07, 6.45) is 1.69. The van der Waals surface area contributed by atoms with Crippen LogP contribution in [0.25, 0.3) is 0 Å². The fourth-order valence-electron chi connectivity index (χ4n) is 1.15. The van der Waals surface area contributed by atoms with Gasteiger partial charge in [-0.05, 0) is 20.3 Å². The Kier molecular flexibility index (Phi) is 7.47. The van der Waals surface area contributed by atoms with E-state index >= 15 is 0 Å². The number of rotatable bonds is 7. The minimum Gasteiger partial charge on any atom is -0.302 e. The van der Waals surface area contributed by atoms with Crippen molar-refractivity contribution in [2.45, 2.75) is 38.8 Å². The summed E-state index contributed by atoms with van der Waals surface area (Å²) in [7, 11) is 5.90. The van der Waals surface area contributed by atoms with Crippen molar-refractivity contribution >= 4 is 21.6 Å². The van der Waals surface area contributed by atoms with Crippen LogP contribution >= 0.6 is 9.39 Å². The predicted octanol–water partition coefficient (Wildman–Crippen LogP) is 0.427. The molecule has 0 spiro atoms. The molecule has 1 N–H and O–H groups in total. The quantitative estimate of drug-likeness (QED) is 0.402. The highest BCUT2D eigenvalue weighted by Crippen LogP contribution is 2.04. The van der Waals surface area contributed by atoms with Gasteiger partial charge in [0, 0.05) is 26.6 Å². The first kappa shape index (κ1) is 15.5. The SMILES string of the molecule is CC(C)N(C)N(C)C(=O)CCC(C=O)NP. The maximum atomic E-state index is 11.8. The van der Waals surface area contributed by atoms with Crippen LogP contribution < -0.4 is 5.09 Å². The van der Waals surface area contributed by atoms with Crippen LogP contribution in [-0.4, -0.2) is 48.4 Å². The number of carbonyl (C=O) groups is 2. The summed E-state index contributed by atoms with van der Waals surface area (Å²) in [6, 6.07) is 0.00220. The molecule has 0 rings (SSSR count). The zero-order valence-electron chi connectivity index (χ0n) is 10.4. The molecule has 0 fully saturated rings. The van der Waals surface area contributed by atoms with Gasteiger partial charge in [0.1, 0.15) is 6.29 Å². The Morgan fingerprint density at radius 3 is 2.38 bits per heavy atom. The van der Waals surface area contributed by atoms with Crippen LogP contribution in [-0.2, 0) is 9.59 Å². The third kappa shape index (κ3) is 5.01. The predicted molar refractivity (Wildman–Crippen MR) is 67.6 cm³/mol. The fourth-order valence-corrected chi connectivity index (χ4v) is 1.40. The van der Waals surface area contributed by atoms with Gasteiger partial charge in [0.05, 0.1) is 6.04 Å². The van der Waals surface area contributed by atoms with Gasteiger partial charge in [0.15, 0.2) is 0 Å². The Bertz CT molecular complexity index is 236. The molecule has 2 unspecified atom stereocenters. The van der Waals surface area contributed by atoms with Gasteiger partial charge in [-0.1, -0.05) is 9.39 Å². The molecule has 0 aromatic rings. The van der Waals surface area contributed by atoms with Crippen molar-refractivity contribution in [1.82, 2.24) is 15.1 Å². The lowest BCUT2D eigenvalue weighted by molar-refractivity contribution is -0.146. The number of amides is 1. The number of hydrogen-bond acceptors (Lipinski definition) is 4. The normalized spacial score (nSPS) is 12.9. The fraction of sp³-hybridized carbons (Fsp3) is 0.800. The van der Waals surface area contributed by atoms with Crippen LogP contribution in [0.4, 0.5) is 0 Å². The average molecular weight is 247 g/mol. The lowest BCUT2D eigenvalue weighted by Gasteiger charge is -2.31. The first-order valence-electron chi connectivity index (χ1n) is 5.34. The molecule has 0 saturated carbocycles. The molecule has 0 aliphatic rings. The molecule has 16 heavy (non-hydrogen) atoms. The number of hydrazine groups is 1. The largest absolute Gasteiger partial charge is 0.302 e. The van der Waals surface area contributed by atoms with Gasteiger partial charge in [0.2, 0.25) is 5.91 Å². The molecule has 2 atom stereocenters. The molecule has 0 heterocycles. The van der Waals surface area contributed by atoms with E-state index < -0.39 is 0 Å². The number of aldehydes is 1. The smallest absolute Gasteiger partial charge is 0.236 e. The van der Waals surface area contributed by atoms with E-state index in [1.54, 1.807) is 12.1 Å². The number of hydrogen-bond donors (Lipinski definition) is 1. The maximum absolute atomic E-state index is 11.8. The standard InChI is InChI=1S/C10H22N3O2P/c1-8(2)12(3)13(4)10(15)6-5-9(7-14)11-16/h7-9,11H,5-6,16H2,1-4H3. The highest BCUT2D eigenvalue weighted by molar-refractivity contribution is 7.13. The Morgan fingerprint density at radius 2 is 2.00 bits per heavy atom. The summed E-state index contributed by atoms with van der Waals surface area (Å²) < 4.78 is 0. The second-order valence-electron chi connectivity index (χ2n) is 4.03. The molecular weight excluding hydrogens is 225 g/mol. The van der Waals surface area contributed by atoms with Gasteiger partial charge in [-0.2, -0.15) is 0 Å². The molecule has 0 aromatic carbocycles. The van der Waals surface area contributed by atoms with Crippen molar-refractivity contribution in [3.8, 4) is 0 Å². The summed E-state index contributed by atoms with van der Waals surface area (Å²) in [5, 5.41) is 6.22. The van der Waals surface area contributed by atoms with Crippen molar-refractivity contribution in [3.05, 3.63) is 0 Å². The van der Waals surface area contributed by atoms with E-state index in [0.29, 0.717) is 12.8 Å². The van der Waals surface area contributed by atoms with E-state index in [0.717, 1.165) is 6.29 Å². The topological polar surface area (TPSA) is 52.7 Å². The average Bonchev–Trinajstić information content (AvgIpc) is 2.27. The van der Waals surface area contributed by atoms with Crippen molar-refractivity contribution < 1.29 is 9.59 Å². The molecule has 0 radical (unpaired) electrons. The third-order valence-corrected chi connectivity index (χ3v) is 3.06. The Labute approximate surface area is 99.8 Å². The van der Waals surface area contributed by atoms with E-state index in [1.165, 1.54) is 0 Å². The third-order valence-electron chi connectivity index (χ3n) is 2.63. The molecular formula is C10H22N3O2P. The van der Waals surface area contributed by atoms with E-state index in [1.807, 2.05) is 25.9 Å². The Balaban J connectivity index is 4.10. The lowest BCUT2D eigenvalue weighted by atomic mass is 10.2. The van der Waals surface area contributed by atoms with Crippen LogP contribution in [0.5, 0.6) is 0 Å². The molecule has 6 heteroatoms. The maximum Gasteiger partial charge on any atom is 0.236 e. The van der Waals surface area contributed by atoms with E-state index in [4.69, 9.17) is 0 Å². The Hall–Kier alpha value is -0.510. The van der Waals surface area contributed by atoms with Gasteiger partial charge in [-0.25, -0.2) is 5.01 Å². The van der Waals surface area contributed by atoms with Gasteiger partial charge in [-0.3, -0.25) is 14.9 Å². The lowest BCUT2D eigenvalue weighted by Crippen LogP contribution is -2.45. The highest BCUT2D eigenvalue weighted by atomic mass is 31.0. The van der Waals surface area contributed by atoms with E-state index in [2.05, 4.69) is 14.5 Å². The van der Waals surface area contributed by atoms with E-state index in [9.17, 15) is 9.59 Å². The highest BCUT2D eigenvalue weighted by Gasteiger charge is 2.17. The van der Waals surface area contributed by atoms with Crippen LogP contribution in [0.15, 0.2) is 0 Å². The summed E-state index contributed by atoms with van der Waals surface area (Å²) in [5.41, 5.74) is 0. The first-order valence-corrected chi connectivity index (χ1v) is 5.92. The molecule has 94 valence electrons. The van der Waals surface area contributed by atoms with Crippen molar-refractivity contribution in [1.29, 1.82) is 0 Å². The number of carbonyl (C=O) groups excluding carboxylic acids is 2. The van der Waals surface area contributed by atoms with Crippen molar-refractivity contribution in [2.24, 2.45) is 0 Å². The molecule has 0 bridgehead atoms. The second kappa shape index (κ2) is 7.71. The molecule has 0 aliphatic carbocycles. The summed E-state index contributed by atoms with van der Waals surface area (Å²) in [5.74, 6) is 0.0169. The van der Waals surface area contributed by atoms with Gasteiger partial charge >= 0.3 is 0 Å².